The normalized spacial score (nSPS) is 10.6. The van der Waals surface area contributed by atoms with Crippen LogP contribution in [0.5, 0.6) is 11.5 Å². The summed E-state index contributed by atoms with van der Waals surface area (Å²) in [4.78, 5) is 27.0. The van der Waals surface area contributed by atoms with Crippen LogP contribution in [0.1, 0.15) is 38.8 Å². The average molecular weight is 486 g/mol. The second-order valence-electron chi connectivity index (χ2n) is 8.03. The van der Waals surface area contributed by atoms with Gasteiger partial charge in [0.15, 0.2) is 5.78 Å². The highest BCUT2D eigenvalue weighted by molar-refractivity contribution is 6.30. The lowest BCUT2D eigenvalue weighted by molar-refractivity contribution is 0.0696. The van der Waals surface area contributed by atoms with Crippen LogP contribution < -0.4 is 9.64 Å². The van der Waals surface area contributed by atoms with Crippen LogP contribution >= 0.6 is 11.6 Å². The molecule has 0 unspecified atom stereocenters. The zero-order valence-electron chi connectivity index (χ0n) is 19.4. The molecule has 0 saturated heterocycles. The summed E-state index contributed by atoms with van der Waals surface area (Å²) in [5.41, 5.74) is 3.51. The summed E-state index contributed by atoms with van der Waals surface area (Å²) >= 11 is 5.98. The summed E-state index contributed by atoms with van der Waals surface area (Å²) in [5, 5.41) is 10.3. The number of carbonyl (C=O) groups excluding carboxylic acids is 1. The van der Waals surface area contributed by atoms with E-state index in [1.54, 1.807) is 18.2 Å². The molecule has 0 aromatic heterocycles. The molecule has 0 fully saturated rings. The van der Waals surface area contributed by atoms with Gasteiger partial charge in [-0.15, -0.1) is 0 Å². The molecule has 0 saturated carbocycles. The quantitative estimate of drug-likeness (QED) is 0.263. The Morgan fingerprint density at radius 1 is 0.829 bits per heavy atom. The van der Waals surface area contributed by atoms with Crippen molar-refractivity contribution in [2.45, 2.75) is 13.3 Å². The van der Waals surface area contributed by atoms with E-state index in [1.165, 1.54) is 12.1 Å². The van der Waals surface area contributed by atoms with Gasteiger partial charge in [-0.3, -0.25) is 4.79 Å². The first-order valence-corrected chi connectivity index (χ1v) is 11.5. The second kappa shape index (κ2) is 10.5. The van der Waals surface area contributed by atoms with Crippen molar-refractivity contribution in [1.29, 1.82) is 0 Å². The fourth-order valence-corrected chi connectivity index (χ4v) is 3.88. The van der Waals surface area contributed by atoms with Crippen LogP contribution in [0.15, 0.2) is 91.0 Å². The highest BCUT2D eigenvalue weighted by atomic mass is 35.5. The van der Waals surface area contributed by atoms with Crippen molar-refractivity contribution in [3.8, 4) is 11.5 Å². The van der Waals surface area contributed by atoms with E-state index in [2.05, 4.69) is 0 Å². The number of aryl methyl sites for hydroxylation is 1. The standard InChI is InChI=1S/C29H24ClNO4/c1-3-19-6-4-5-7-27(19)35-26-17-21(16-22(18-26)29(33)34)28(32)20-8-12-24(13-9-20)31(2)25-14-10-23(30)11-15-25/h4-18H,3H2,1-2H3,(H,33,34). The second-order valence-corrected chi connectivity index (χ2v) is 8.46. The summed E-state index contributed by atoms with van der Waals surface area (Å²) in [6, 6.07) is 26.5. The van der Waals surface area contributed by atoms with Gasteiger partial charge < -0.3 is 14.7 Å². The fourth-order valence-electron chi connectivity index (χ4n) is 3.75. The van der Waals surface area contributed by atoms with Crippen LogP contribution in [0.2, 0.25) is 5.02 Å². The molecule has 4 rings (SSSR count). The maximum absolute atomic E-state index is 13.3. The Bertz CT molecular complexity index is 1360. The molecule has 4 aromatic rings. The first-order chi connectivity index (χ1) is 16.9. The molecule has 4 aromatic carbocycles. The summed E-state index contributed by atoms with van der Waals surface area (Å²) in [7, 11) is 1.92. The minimum atomic E-state index is -1.13. The number of carbonyl (C=O) groups is 2. The van der Waals surface area contributed by atoms with Crippen molar-refractivity contribution in [1.82, 2.24) is 0 Å². The third-order valence-electron chi connectivity index (χ3n) is 5.73. The van der Waals surface area contributed by atoms with Gasteiger partial charge >= 0.3 is 5.97 Å². The van der Waals surface area contributed by atoms with Gasteiger partial charge in [0.2, 0.25) is 0 Å². The molecule has 5 nitrogen and oxygen atoms in total. The van der Waals surface area contributed by atoms with E-state index in [1.807, 2.05) is 79.5 Å². The third kappa shape index (κ3) is 5.53. The number of carboxylic acids is 1. The van der Waals surface area contributed by atoms with Crippen molar-refractivity contribution in [2.24, 2.45) is 0 Å². The van der Waals surface area contributed by atoms with Crippen LogP contribution in [-0.4, -0.2) is 23.9 Å². The van der Waals surface area contributed by atoms with Crippen LogP contribution in [0.3, 0.4) is 0 Å². The van der Waals surface area contributed by atoms with Crippen LogP contribution in [0.4, 0.5) is 11.4 Å². The Hall–Kier alpha value is -4.09. The van der Waals surface area contributed by atoms with E-state index < -0.39 is 5.97 Å². The smallest absolute Gasteiger partial charge is 0.335 e. The number of anilines is 2. The highest BCUT2D eigenvalue weighted by Crippen LogP contribution is 2.29. The molecular weight excluding hydrogens is 462 g/mol. The van der Waals surface area contributed by atoms with E-state index in [-0.39, 0.29) is 16.9 Å². The number of carboxylic acid groups (broad SMARTS) is 1. The molecule has 1 N–H and O–H groups in total. The number of hydrogen-bond acceptors (Lipinski definition) is 4. The van der Waals surface area contributed by atoms with Crippen LogP contribution in [0, 0.1) is 0 Å². The highest BCUT2D eigenvalue weighted by Gasteiger charge is 2.16. The number of hydrogen-bond donors (Lipinski definition) is 1. The van der Waals surface area contributed by atoms with Gasteiger partial charge in [0.1, 0.15) is 11.5 Å². The maximum atomic E-state index is 13.3. The fraction of sp³-hybridized carbons (Fsp3) is 0.103. The first-order valence-electron chi connectivity index (χ1n) is 11.1. The first kappa shape index (κ1) is 24.0. The topological polar surface area (TPSA) is 66.8 Å². The van der Waals surface area contributed by atoms with Crippen molar-refractivity contribution >= 4 is 34.7 Å². The van der Waals surface area contributed by atoms with Crippen LogP contribution in [0.25, 0.3) is 0 Å². The van der Waals surface area contributed by atoms with Gasteiger partial charge in [-0.05, 0) is 84.8 Å². The van der Waals surface area contributed by atoms with Gasteiger partial charge in [-0.25, -0.2) is 4.79 Å². The van der Waals surface area contributed by atoms with Crippen molar-refractivity contribution in [3.63, 3.8) is 0 Å². The number of para-hydroxylation sites is 1. The Kier molecular flexibility index (Phi) is 7.18. The van der Waals surface area contributed by atoms with Crippen LogP contribution in [-0.2, 0) is 6.42 Å². The molecule has 0 bridgehead atoms. The molecule has 0 aliphatic carbocycles. The number of aromatic carboxylic acids is 1. The number of ether oxygens (including phenoxy) is 1. The van der Waals surface area contributed by atoms with Gasteiger partial charge in [-0.1, -0.05) is 36.7 Å². The lowest BCUT2D eigenvalue weighted by Crippen LogP contribution is -2.10. The molecule has 0 radical (unpaired) electrons. The summed E-state index contributed by atoms with van der Waals surface area (Å²) in [5.74, 6) is -0.491. The Morgan fingerprint density at radius 2 is 1.43 bits per heavy atom. The molecule has 0 spiro atoms. The molecule has 0 heterocycles. The van der Waals surface area contributed by atoms with E-state index in [0.717, 1.165) is 23.4 Å². The number of rotatable bonds is 8. The lowest BCUT2D eigenvalue weighted by Gasteiger charge is -2.19. The van der Waals surface area contributed by atoms with Gasteiger partial charge in [0.25, 0.3) is 0 Å². The largest absolute Gasteiger partial charge is 0.478 e. The molecule has 0 amide bonds. The Morgan fingerprint density at radius 3 is 2.06 bits per heavy atom. The SMILES string of the molecule is CCc1ccccc1Oc1cc(C(=O)O)cc(C(=O)c2ccc(N(C)c3ccc(Cl)cc3)cc2)c1. The molecule has 6 heteroatoms. The van der Waals surface area contributed by atoms with Gasteiger partial charge in [-0.2, -0.15) is 0 Å². The monoisotopic (exact) mass is 485 g/mol. The van der Waals surface area contributed by atoms with Gasteiger partial charge in [0, 0.05) is 34.6 Å². The van der Waals surface area contributed by atoms with Crippen molar-refractivity contribution in [3.05, 3.63) is 118 Å². The molecular formula is C29H24ClNO4. The average Bonchev–Trinajstić information content (AvgIpc) is 2.88. The summed E-state index contributed by atoms with van der Waals surface area (Å²) in [6.45, 7) is 2.01. The maximum Gasteiger partial charge on any atom is 0.335 e. The minimum absolute atomic E-state index is 0.0149. The summed E-state index contributed by atoms with van der Waals surface area (Å²) < 4.78 is 5.99. The third-order valence-corrected chi connectivity index (χ3v) is 5.98. The predicted molar refractivity (Wildman–Crippen MR) is 139 cm³/mol. The molecule has 35 heavy (non-hydrogen) atoms. The van der Waals surface area contributed by atoms with Crippen molar-refractivity contribution < 1.29 is 19.4 Å². The van der Waals surface area contributed by atoms with E-state index in [0.29, 0.717) is 22.1 Å². The lowest BCUT2D eigenvalue weighted by atomic mass is 10.0. The zero-order valence-corrected chi connectivity index (χ0v) is 20.1. The molecule has 0 aliphatic rings. The molecule has 0 aliphatic heterocycles. The Labute approximate surface area is 209 Å². The summed E-state index contributed by atoms with van der Waals surface area (Å²) in [6.07, 6.45) is 0.761. The number of nitrogens with zero attached hydrogens (tertiary/aromatic N) is 1. The number of benzene rings is 4. The Balaban J connectivity index is 1.62. The van der Waals surface area contributed by atoms with E-state index in [4.69, 9.17) is 16.3 Å². The van der Waals surface area contributed by atoms with Crippen molar-refractivity contribution in [2.75, 3.05) is 11.9 Å². The van der Waals surface area contributed by atoms with Gasteiger partial charge in [0.05, 0.1) is 5.56 Å². The number of halogens is 1. The zero-order chi connectivity index (χ0) is 24.9. The predicted octanol–water partition coefficient (Wildman–Crippen LogP) is 7.39. The minimum Gasteiger partial charge on any atom is -0.478 e. The van der Waals surface area contributed by atoms with E-state index in [9.17, 15) is 14.7 Å². The van der Waals surface area contributed by atoms with E-state index >= 15 is 0 Å². The molecule has 0 atom stereocenters. The molecule has 176 valence electrons. The number of ketones is 1.